The fourth-order valence-electron chi connectivity index (χ4n) is 3.51. The molecular weight excluding hydrogens is 380 g/mol. The van der Waals surface area contributed by atoms with Crippen LogP contribution in [0.2, 0.25) is 0 Å². The molecule has 0 saturated heterocycles. The smallest absolute Gasteiger partial charge is 0.368 e. The van der Waals surface area contributed by atoms with E-state index in [0.717, 1.165) is 31.2 Å². The highest BCUT2D eigenvalue weighted by atomic mass is 31.2. The summed E-state index contributed by atoms with van der Waals surface area (Å²) >= 11 is 0. The predicted molar refractivity (Wildman–Crippen MR) is 97.3 cm³/mol. The molecule has 0 amide bonds. The summed E-state index contributed by atoms with van der Waals surface area (Å²) in [5.74, 6) is -0.0166. The summed E-state index contributed by atoms with van der Waals surface area (Å²) in [6.07, 6.45) is 3.10. The van der Waals surface area contributed by atoms with E-state index >= 15 is 0 Å². The second-order valence-corrected chi connectivity index (χ2v) is 10.9. The first-order valence-electron chi connectivity index (χ1n) is 8.65. The molecule has 0 unspecified atom stereocenters. The van der Waals surface area contributed by atoms with Crippen LogP contribution >= 0.6 is 15.2 Å². The van der Waals surface area contributed by atoms with Gasteiger partial charge < -0.3 is 30.0 Å². The van der Waals surface area contributed by atoms with Gasteiger partial charge in [0.2, 0.25) is 0 Å². The second-order valence-electron chi connectivity index (χ2n) is 6.92. The lowest BCUT2D eigenvalue weighted by molar-refractivity contribution is 0.109. The van der Waals surface area contributed by atoms with Crippen molar-refractivity contribution in [2.45, 2.75) is 56.2 Å². The third kappa shape index (κ3) is 5.24. The molecule has 0 spiro atoms. The van der Waals surface area contributed by atoms with E-state index in [1.807, 2.05) is 30.3 Å². The Morgan fingerprint density at radius 2 is 1.58 bits per heavy atom. The normalized spacial score (nSPS) is 22.3. The highest BCUT2D eigenvalue weighted by Crippen LogP contribution is 2.69. The molecule has 1 fully saturated rings. The lowest BCUT2D eigenvalue weighted by atomic mass is 9.81. The van der Waals surface area contributed by atoms with Crippen molar-refractivity contribution >= 4 is 15.2 Å². The average Bonchev–Trinajstić information content (AvgIpc) is 2.57. The van der Waals surface area contributed by atoms with Gasteiger partial charge in [0, 0.05) is 19.0 Å². The Morgan fingerprint density at radius 3 is 2.15 bits per heavy atom. The van der Waals surface area contributed by atoms with Gasteiger partial charge in [0.25, 0.3) is 5.08 Å². The molecular formula is C16H27NO7P2. The van der Waals surface area contributed by atoms with E-state index in [4.69, 9.17) is 0 Å². The summed E-state index contributed by atoms with van der Waals surface area (Å²) in [6, 6.07) is 9.86. The largest absolute Gasteiger partial charge is 0.369 e. The van der Waals surface area contributed by atoms with Gasteiger partial charge in [-0.1, -0.05) is 43.2 Å². The molecule has 148 valence electrons. The number of rotatable bonds is 8. The van der Waals surface area contributed by atoms with Gasteiger partial charge in [0.1, 0.15) is 0 Å². The first kappa shape index (κ1) is 21.7. The number of hydrogen-bond acceptors (Lipinski definition) is 4. The SMILES string of the molecule is O=P(O)(O)C(O)(CC[C@@H]1CCCC[C@H]1NCc1ccccc1)P(=O)(O)O. The van der Waals surface area contributed by atoms with Gasteiger partial charge in [-0.25, -0.2) is 0 Å². The van der Waals surface area contributed by atoms with Gasteiger partial charge in [-0.3, -0.25) is 9.13 Å². The lowest BCUT2D eigenvalue weighted by Gasteiger charge is -2.35. The molecule has 1 saturated carbocycles. The Bertz CT molecular complexity index is 650. The average molecular weight is 407 g/mol. The molecule has 1 aliphatic carbocycles. The van der Waals surface area contributed by atoms with Crippen molar-refractivity contribution in [2.75, 3.05) is 0 Å². The van der Waals surface area contributed by atoms with Crippen LogP contribution < -0.4 is 5.32 Å². The topological polar surface area (TPSA) is 147 Å². The molecule has 0 aromatic heterocycles. The maximum absolute atomic E-state index is 11.5. The van der Waals surface area contributed by atoms with Crippen LogP contribution in [0.3, 0.4) is 0 Å². The Kier molecular flexibility index (Phi) is 7.22. The Balaban J connectivity index is 2.03. The van der Waals surface area contributed by atoms with Gasteiger partial charge in [0.15, 0.2) is 0 Å². The minimum Gasteiger partial charge on any atom is -0.368 e. The van der Waals surface area contributed by atoms with Crippen LogP contribution in [0.1, 0.15) is 44.1 Å². The summed E-state index contributed by atoms with van der Waals surface area (Å²) in [5.41, 5.74) is 1.11. The van der Waals surface area contributed by atoms with E-state index in [1.165, 1.54) is 0 Å². The molecule has 0 bridgehead atoms. The zero-order valence-electron chi connectivity index (χ0n) is 14.4. The van der Waals surface area contributed by atoms with Crippen LogP contribution in [-0.2, 0) is 15.7 Å². The molecule has 2 atom stereocenters. The van der Waals surface area contributed by atoms with Gasteiger partial charge in [-0.2, -0.15) is 0 Å². The Hall–Kier alpha value is -0.560. The summed E-state index contributed by atoms with van der Waals surface area (Å²) in [4.78, 5) is 37.1. The molecule has 26 heavy (non-hydrogen) atoms. The first-order chi connectivity index (χ1) is 12.0. The van der Waals surface area contributed by atoms with Crippen molar-refractivity contribution in [1.82, 2.24) is 5.32 Å². The van der Waals surface area contributed by atoms with Crippen LogP contribution in [0.5, 0.6) is 0 Å². The molecule has 1 aromatic rings. The van der Waals surface area contributed by atoms with E-state index in [9.17, 15) is 33.8 Å². The monoisotopic (exact) mass is 407 g/mol. The Morgan fingerprint density at radius 1 is 1.00 bits per heavy atom. The zero-order valence-corrected chi connectivity index (χ0v) is 16.2. The minimum absolute atomic E-state index is 0.0166. The number of hydrogen-bond donors (Lipinski definition) is 6. The van der Waals surface area contributed by atoms with E-state index in [0.29, 0.717) is 6.54 Å². The van der Waals surface area contributed by atoms with Crippen molar-refractivity contribution < 1.29 is 33.8 Å². The second kappa shape index (κ2) is 8.63. The molecule has 1 aromatic carbocycles. The summed E-state index contributed by atoms with van der Waals surface area (Å²) < 4.78 is 23.0. The van der Waals surface area contributed by atoms with Gasteiger partial charge in [0.05, 0.1) is 0 Å². The van der Waals surface area contributed by atoms with E-state index in [2.05, 4.69) is 5.32 Å². The van der Waals surface area contributed by atoms with Crippen molar-refractivity contribution in [1.29, 1.82) is 0 Å². The molecule has 0 radical (unpaired) electrons. The van der Waals surface area contributed by atoms with E-state index in [1.54, 1.807) is 0 Å². The van der Waals surface area contributed by atoms with Gasteiger partial charge >= 0.3 is 15.2 Å². The highest BCUT2D eigenvalue weighted by molar-refractivity contribution is 7.72. The summed E-state index contributed by atoms with van der Waals surface area (Å²) in [5, 5.41) is 10.2. The van der Waals surface area contributed by atoms with Crippen molar-refractivity contribution in [3.63, 3.8) is 0 Å². The predicted octanol–water partition coefficient (Wildman–Crippen LogP) is 2.12. The van der Waals surface area contributed by atoms with Crippen LogP contribution in [0, 0.1) is 5.92 Å². The van der Waals surface area contributed by atoms with Crippen LogP contribution in [-0.4, -0.2) is 35.8 Å². The van der Waals surface area contributed by atoms with Crippen molar-refractivity contribution in [2.24, 2.45) is 5.92 Å². The van der Waals surface area contributed by atoms with Gasteiger partial charge in [-0.15, -0.1) is 0 Å². The van der Waals surface area contributed by atoms with E-state index in [-0.39, 0.29) is 18.4 Å². The third-order valence-corrected chi connectivity index (χ3v) is 8.98. The Labute approximate surface area is 153 Å². The standard InChI is InChI=1S/C16H27NO7P2/c18-16(25(19,20)21,26(22,23)24)11-10-14-8-4-5-9-15(14)17-12-13-6-2-1-3-7-13/h1-3,6-7,14-15,17-18H,4-5,8-12H2,(H2,19,20,21)(H2,22,23,24)/t14-,15+/m0/s1. The van der Waals surface area contributed by atoms with Crippen molar-refractivity contribution in [3.8, 4) is 0 Å². The maximum atomic E-state index is 11.5. The van der Waals surface area contributed by atoms with Crippen LogP contribution in [0.4, 0.5) is 0 Å². The quantitative estimate of drug-likeness (QED) is 0.359. The summed E-state index contributed by atoms with van der Waals surface area (Å²) in [6.45, 7) is 0.642. The molecule has 0 aliphatic heterocycles. The molecule has 1 aliphatic rings. The molecule has 8 nitrogen and oxygen atoms in total. The molecule has 6 N–H and O–H groups in total. The van der Waals surface area contributed by atoms with Crippen molar-refractivity contribution in [3.05, 3.63) is 35.9 Å². The first-order valence-corrected chi connectivity index (χ1v) is 11.9. The fraction of sp³-hybridized carbons (Fsp3) is 0.625. The number of nitrogens with one attached hydrogen (secondary N) is 1. The maximum Gasteiger partial charge on any atom is 0.369 e. The minimum atomic E-state index is -5.39. The zero-order chi connectivity index (χ0) is 19.4. The van der Waals surface area contributed by atoms with Gasteiger partial charge in [-0.05, 0) is 30.7 Å². The summed E-state index contributed by atoms with van der Waals surface area (Å²) in [7, 11) is -10.8. The number of aliphatic hydroxyl groups is 1. The molecule has 2 rings (SSSR count). The number of benzene rings is 1. The van der Waals surface area contributed by atoms with E-state index < -0.39 is 26.7 Å². The van der Waals surface area contributed by atoms with Crippen LogP contribution in [0.15, 0.2) is 30.3 Å². The fourth-order valence-corrected chi connectivity index (χ4v) is 5.71. The third-order valence-electron chi connectivity index (χ3n) is 5.10. The highest BCUT2D eigenvalue weighted by Gasteiger charge is 2.59. The molecule has 0 heterocycles. The molecule has 10 heteroatoms. The lowest BCUT2D eigenvalue weighted by Crippen LogP contribution is -2.39. The van der Waals surface area contributed by atoms with Crippen LogP contribution in [0.25, 0.3) is 0 Å².